The highest BCUT2D eigenvalue weighted by atomic mass is 79.9. The van der Waals surface area contributed by atoms with Gasteiger partial charge in [-0.05, 0) is 47.0 Å². The molecule has 1 fully saturated rings. The summed E-state index contributed by atoms with van der Waals surface area (Å²) in [5.41, 5.74) is 4.01. The molecule has 1 aliphatic heterocycles. The van der Waals surface area contributed by atoms with Crippen LogP contribution in [0.4, 0.5) is 11.6 Å². The largest absolute Gasteiger partial charge is 0.368 e. The van der Waals surface area contributed by atoms with Gasteiger partial charge in [-0.1, -0.05) is 12.1 Å². The summed E-state index contributed by atoms with van der Waals surface area (Å²) in [6.07, 6.45) is 3.61. The van der Waals surface area contributed by atoms with Crippen molar-refractivity contribution in [2.75, 3.05) is 36.0 Å². The van der Waals surface area contributed by atoms with E-state index in [2.05, 4.69) is 67.7 Å². The van der Waals surface area contributed by atoms with Crippen molar-refractivity contribution in [1.29, 1.82) is 0 Å². The summed E-state index contributed by atoms with van der Waals surface area (Å²) in [5, 5.41) is 0. The van der Waals surface area contributed by atoms with Crippen LogP contribution < -0.4 is 9.80 Å². The SMILES string of the molecule is Cc1ccc(C)c(N2CCN(c3ncc(Br)cn3)CC2)c1. The molecular formula is C16H19BrN4. The molecule has 110 valence electrons. The Hall–Kier alpha value is -1.62. The van der Waals surface area contributed by atoms with Gasteiger partial charge in [0, 0.05) is 44.3 Å². The van der Waals surface area contributed by atoms with Gasteiger partial charge in [-0.3, -0.25) is 0 Å². The van der Waals surface area contributed by atoms with Gasteiger partial charge in [0.05, 0.1) is 4.47 Å². The smallest absolute Gasteiger partial charge is 0.225 e. The van der Waals surface area contributed by atoms with E-state index in [1.807, 2.05) is 0 Å². The maximum absolute atomic E-state index is 4.38. The van der Waals surface area contributed by atoms with Crippen molar-refractivity contribution in [2.24, 2.45) is 0 Å². The zero-order valence-corrected chi connectivity index (χ0v) is 14.0. The monoisotopic (exact) mass is 346 g/mol. The van der Waals surface area contributed by atoms with Crippen LogP contribution in [-0.2, 0) is 0 Å². The van der Waals surface area contributed by atoms with E-state index in [9.17, 15) is 0 Å². The number of aromatic nitrogens is 2. The lowest BCUT2D eigenvalue weighted by Crippen LogP contribution is -2.47. The number of halogens is 1. The molecule has 0 amide bonds. The second-order valence-electron chi connectivity index (χ2n) is 5.47. The molecule has 4 nitrogen and oxygen atoms in total. The van der Waals surface area contributed by atoms with Crippen molar-refractivity contribution in [2.45, 2.75) is 13.8 Å². The lowest BCUT2D eigenvalue weighted by molar-refractivity contribution is 0.638. The number of rotatable bonds is 2. The minimum Gasteiger partial charge on any atom is -0.368 e. The molecule has 0 N–H and O–H groups in total. The molecule has 0 spiro atoms. The van der Waals surface area contributed by atoms with Gasteiger partial charge in [-0.25, -0.2) is 9.97 Å². The second-order valence-corrected chi connectivity index (χ2v) is 6.38. The molecule has 0 bridgehead atoms. The first kappa shape index (κ1) is 14.3. The first-order valence-electron chi connectivity index (χ1n) is 7.18. The molecular weight excluding hydrogens is 328 g/mol. The van der Waals surface area contributed by atoms with Crippen molar-refractivity contribution >= 4 is 27.6 Å². The van der Waals surface area contributed by atoms with Crippen molar-refractivity contribution in [3.8, 4) is 0 Å². The zero-order chi connectivity index (χ0) is 14.8. The topological polar surface area (TPSA) is 32.3 Å². The van der Waals surface area contributed by atoms with Crippen LogP contribution in [0.5, 0.6) is 0 Å². The number of anilines is 2. The highest BCUT2D eigenvalue weighted by Gasteiger charge is 2.20. The first-order valence-corrected chi connectivity index (χ1v) is 7.97. The van der Waals surface area contributed by atoms with Crippen LogP contribution in [0.2, 0.25) is 0 Å². The number of hydrogen-bond donors (Lipinski definition) is 0. The Morgan fingerprint density at radius 2 is 1.57 bits per heavy atom. The van der Waals surface area contributed by atoms with Gasteiger partial charge in [0.25, 0.3) is 0 Å². The Labute approximate surface area is 133 Å². The summed E-state index contributed by atoms with van der Waals surface area (Å²) in [6, 6.07) is 6.65. The van der Waals surface area contributed by atoms with Crippen LogP contribution in [-0.4, -0.2) is 36.1 Å². The normalized spacial score (nSPS) is 15.4. The molecule has 2 aromatic rings. The molecule has 0 unspecified atom stereocenters. The lowest BCUT2D eigenvalue weighted by atomic mass is 10.1. The highest BCUT2D eigenvalue weighted by molar-refractivity contribution is 9.10. The quantitative estimate of drug-likeness (QED) is 0.835. The fraction of sp³-hybridized carbons (Fsp3) is 0.375. The fourth-order valence-electron chi connectivity index (χ4n) is 2.68. The maximum atomic E-state index is 4.38. The van der Waals surface area contributed by atoms with Gasteiger partial charge in [0.15, 0.2) is 0 Å². The van der Waals surface area contributed by atoms with Crippen molar-refractivity contribution in [3.05, 3.63) is 46.2 Å². The molecule has 21 heavy (non-hydrogen) atoms. The molecule has 5 heteroatoms. The van der Waals surface area contributed by atoms with Gasteiger partial charge in [0.2, 0.25) is 5.95 Å². The van der Waals surface area contributed by atoms with E-state index in [-0.39, 0.29) is 0 Å². The van der Waals surface area contributed by atoms with Gasteiger partial charge < -0.3 is 9.80 Å². The molecule has 1 aromatic carbocycles. The van der Waals surface area contributed by atoms with Crippen molar-refractivity contribution < 1.29 is 0 Å². The third-order valence-electron chi connectivity index (χ3n) is 3.87. The third-order valence-corrected chi connectivity index (χ3v) is 4.28. The van der Waals surface area contributed by atoms with Crippen LogP contribution in [0.15, 0.2) is 35.1 Å². The zero-order valence-electron chi connectivity index (χ0n) is 12.4. The number of benzene rings is 1. The van der Waals surface area contributed by atoms with Crippen molar-refractivity contribution in [3.63, 3.8) is 0 Å². The lowest BCUT2D eigenvalue weighted by Gasteiger charge is -2.36. The Bertz CT molecular complexity index is 619. The van der Waals surface area contributed by atoms with Gasteiger partial charge in [-0.2, -0.15) is 0 Å². The maximum Gasteiger partial charge on any atom is 0.225 e. The van der Waals surface area contributed by atoms with Crippen LogP contribution in [0.25, 0.3) is 0 Å². The Morgan fingerprint density at radius 1 is 0.952 bits per heavy atom. The third kappa shape index (κ3) is 3.18. The Balaban J connectivity index is 1.70. The summed E-state index contributed by atoms with van der Waals surface area (Å²) < 4.78 is 0.917. The number of piperazine rings is 1. The number of nitrogens with zero attached hydrogens (tertiary/aromatic N) is 4. The first-order chi connectivity index (χ1) is 10.1. The number of aryl methyl sites for hydroxylation is 2. The standard InChI is InChI=1S/C16H19BrN4/c1-12-3-4-13(2)15(9-12)20-5-7-21(8-6-20)16-18-10-14(17)11-19-16/h3-4,9-11H,5-8H2,1-2H3. The summed E-state index contributed by atoms with van der Waals surface area (Å²) in [7, 11) is 0. The average molecular weight is 347 g/mol. The van der Waals surface area contributed by atoms with E-state index >= 15 is 0 Å². The van der Waals surface area contributed by atoms with Gasteiger partial charge >= 0.3 is 0 Å². The summed E-state index contributed by atoms with van der Waals surface area (Å²) in [4.78, 5) is 13.5. The number of hydrogen-bond acceptors (Lipinski definition) is 4. The molecule has 1 saturated heterocycles. The second kappa shape index (κ2) is 6.02. The average Bonchev–Trinajstić information content (AvgIpc) is 2.51. The highest BCUT2D eigenvalue weighted by Crippen LogP contribution is 2.23. The van der Waals surface area contributed by atoms with Crippen LogP contribution >= 0.6 is 15.9 Å². The predicted molar refractivity (Wildman–Crippen MR) is 90.1 cm³/mol. The van der Waals surface area contributed by atoms with Crippen LogP contribution in [0.3, 0.4) is 0 Å². The van der Waals surface area contributed by atoms with E-state index in [4.69, 9.17) is 0 Å². The molecule has 0 atom stereocenters. The summed E-state index contributed by atoms with van der Waals surface area (Å²) in [6.45, 7) is 8.24. The van der Waals surface area contributed by atoms with Gasteiger partial charge in [-0.15, -0.1) is 0 Å². The molecule has 0 aliphatic carbocycles. The van der Waals surface area contributed by atoms with Gasteiger partial charge in [0.1, 0.15) is 0 Å². The Morgan fingerprint density at radius 3 is 2.24 bits per heavy atom. The molecule has 0 radical (unpaired) electrons. The van der Waals surface area contributed by atoms with Crippen molar-refractivity contribution in [1.82, 2.24) is 9.97 Å². The molecule has 1 aliphatic rings. The molecule has 2 heterocycles. The molecule has 0 saturated carbocycles. The minimum atomic E-state index is 0.818. The van der Waals surface area contributed by atoms with E-state index < -0.39 is 0 Å². The predicted octanol–water partition coefficient (Wildman–Crippen LogP) is 3.18. The molecule has 3 rings (SSSR count). The summed E-state index contributed by atoms with van der Waals surface area (Å²) >= 11 is 3.37. The van der Waals surface area contributed by atoms with E-state index in [0.29, 0.717) is 0 Å². The van der Waals surface area contributed by atoms with Crippen LogP contribution in [0, 0.1) is 13.8 Å². The van der Waals surface area contributed by atoms with E-state index in [1.54, 1.807) is 12.4 Å². The molecule has 1 aromatic heterocycles. The summed E-state index contributed by atoms with van der Waals surface area (Å²) in [5.74, 6) is 0.818. The van der Waals surface area contributed by atoms with E-state index in [1.165, 1.54) is 16.8 Å². The Kier molecular flexibility index (Phi) is 4.10. The fourth-order valence-corrected chi connectivity index (χ4v) is 2.88. The minimum absolute atomic E-state index is 0.818. The van der Waals surface area contributed by atoms with Crippen LogP contribution in [0.1, 0.15) is 11.1 Å². The van der Waals surface area contributed by atoms with E-state index in [0.717, 1.165) is 36.6 Å².